The van der Waals surface area contributed by atoms with Crippen molar-refractivity contribution in [1.29, 1.82) is 0 Å². The van der Waals surface area contributed by atoms with E-state index < -0.39 is 36.0 Å². The molecule has 2 atom stereocenters. The van der Waals surface area contributed by atoms with Crippen LogP contribution in [0.15, 0.2) is 60.7 Å². The number of anilines is 2. The molecule has 3 aromatic carbocycles. The molecule has 2 aliphatic heterocycles. The van der Waals surface area contributed by atoms with Gasteiger partial charge in [-0.3, -0.25) is 19.3 Å². The Morgan fingerprint density at radius 1 is 1.06 bits per heavy atom. The summed E-state index contributed by atoms with van der Waals surface area (Å²) < 4.78 is 5.27. The minimum atomic E-state index is -1.33. The standard InChI is InChI=1S/C27H26N4O5/c1-16-12-23(32)28-21-6-4-5-7-22(21)31(16)24(33)15-30-25(34)27(2,29-26(30)35)19-10-8-18-14-20(36-3)11-9-17(18)13-19/h4-11,13-14,16H,12,15H2,1-3H3,(H,28,32)(H,29,35)/t16-,27+/m1/s1. The maximum atomic E-state index is 13.5. The average molecular weight is 487 g/mol. The van der Waals surface area contributed by atoms with Crippen LogP contribution in [0.4, 0.5) is 16.2 Å². The zero-order valence-corrected chi connectivity index (χ0v) is 20.2. The molecule has 184 valence electrons. The number of imide groups is 1. The topological polar surface area (TPSA) is 108 Å². The maximum absolute atomic E-state index is 13.5. The molecule has 0 aromatic heterocycles. The number of fused-ring (bicyclic) bond motifs is 2. The molecule has 9 nitrogen and oxygen atoms in total. The molecule has 0 saturated carbocycles. The van der Waals surface area contributed by atoms with Crippen molar-refractivity contribution in [3.05, 3.63) is 66.2 Å². The Labute approximate surface area is 208 Å². The minimum absolute atomic E-state index is 0.0974. The first-order valence-electron chi connectivity index (χ1n) is 11.6. The van der Waals surface area contributed by atoms with Gasteiger partial charge in [-0.25, -0.2) is 4.79 Å². The fourth-order valence-electron chi connectivity index (χ4n) is 4.88. The quantitative estimate of drug-likeness (QED) is 0.550. The molecule has 1 saturated heterocycles. The number of urea groups is 1. The predicted octanol–water partition coefficient (Wildman–Crippen LogP) is 3.38. The number of benzene rings is 3. The molecule has 36 heavy (non-hydrogen) atoms. The van der Waals surface area contributed by atoms with Crippen molar-refractivity contribution in [3.8, 4) is 5.75 Å². The van der Waals surface area contributed by atoms with Gasteiger partial charge in [0.2, 0.25) is 11.8 Å². The minimum Gasteiger partial charge on any atom is -0.497 e. The van der Waals surface area contributed by atoms with Crippen LogP contribution in [-0.2, 0) is 19.9 Å². The van der Waals surface area contributed by atoms with Gasteiger partial charge >= 0.3 is 6.03 Å². The van der Waals surface area contributed by atoms with Crippen LogP contribution < -0.4 is 20.3 Å². The van der Waals surface area contributed by atoms with E-state index in [0.717, 1.165) is 21.4 Å². The normalized spacial score (nSPS) is 21.6. The molecular weight excluding hydrogens is 460 g/mol. The third-order valence-electron chi connectivity index (χ3n) is 6.82. The predicted molar refractivity (Wildman–Crippen MR) is 135 cm³/mol. The number of rotatable bonds is 4. The zero-order chi connectivity index (χ0) is 25.6. The van der Waals surface area contributed by atoms with Crippen LogP contribution in [0.25, 0.3) is 10.8 Å². The van der Waals surface area contributed by atoms with Gasteiger partial charge in [0.25, 0.3) is 5.91 Å². The van der Waals surface area contributed by atoms with Crippen LogP contribution in [-0.4, -0.2) is 48.3 Å². The summed E-state index contributed by atoms with van der Waals surface area (Å²) in [7, 11) is 1.60. The van der Waals surface area contributed by atoms with Crippen molar-refractivity contribution in [1.82, 2.24) is 10.2 Å². The summed E-state index contributed by atoms with van der Waals surface area (Å²) in [5, 5.41) is 7.39. The smallest absolute Gasteiger partial charge is 0.325 e. The van der Waals surface area contributed by atoms with Crippen LogP contribution in [0.1, 0.15) is 25.8 Å². The van der Waals surface area contributed by atoms with Gasteiger partial charge in [0.15, 0.2) is 0 Å². The van der Waals surface area contributed by atoms with Crippen LogP contribution in [0.2, 0.25) is 0 Å². The summed E-state index contributed by atoms with van der Waals surface area (Å²) in [5.41, 5.74) is 0.318. The highest BCUT2D eigenvalue weighted by Gasteiger charge is 2.50. The van der Waals surface area contributed by atoms with E-state index in [4.69, 9.17) is 4.74 Å². The third-order valence-corrected chi connectivity index (χ3v) is 6.82. The maximum Gasteiger partial charge on any atom is 0.325 e. The fourth-order valence-corrected chi connectivity index (χ4v) is 4.88. The van der Waals surface area contributed by atoms with E-state index in [1.54, 1.807) is 51.3 Å². The van der Waals surface area contributed by atoms with Crippen molar-refractivity contribution >= 4 is 45.9 Å². The molecule has 0 bridgehead atoms. The average Bonchev–Trinajstić information content (AvgIpc) is 2.99. The van der Waals surface area contributed by atoms with Crippen LogP contribution in [0.5, 0.6) is 5.75 Å². The summed E-state index contributed by atoms with van der Waals surface area (Å²) in [4.78, 5) is 54.6. The highest BCUT2D eigenvalue weighted by Crippen LogP contribution is 2.34. The van der Waals surface area contributed by atoms with Gasteiger partial charge in [-0.1, -0.05) is 30.3 Å². The number of nitrogens with zero attached hydrogens (tertiary/aromatic N) is 2. The van der Waals surface area contributed by atoms with Gasteiger partial charge in [0.05, 0.1) is 18.5 Å². The molecule has 0 unspecified atom stereocenters. The second-order valence-electron chi connectivity index (χ2n) is 9.26. The summed E-state index contributed by atoms with van der Waals surface area (Å²) in [6.07, 6.45) is 0.0974. The molecule has 2 aliphatic rings. The molecule has 5 amide bonds. The lowest BCUT2D eigenvalue weighted by molar-refractivity contribution is -0.134. The van der Waals surface area contributed by atoms with E-state index in [-0.39, 0.29) is 12.3 Å². The second kappa shape index (κ2) is 8.67. The number of carbonyl (C=O) groups excluding carboxylic acids is 4. The van der Waals surface area contributed by atoms with Crippen molar-refractivity contribution in [2.45, 2.75) is 31.8 Å². The van der Waals surface area contributed by atoms with Gasteiger partial charge in [0, 0.05) is 12.5 Å². The van der Waals surface area contributed by atoms with E-state index in [2.05, 4.69) is 10.6 Å². The summed E-state index contributed by atoms with van der Waals surface area (Å²) >= 11 is 0. The number of methoxy groups -OCH3 is 1. The molecular formula is C27H26N4O5. The molecule has 5 rings (SSSR count). The third kappa shape index (κ3) is 3.82. The zero-order valence-electron chi connectivity index (χ0n) is 20.2. The largest absolute Gasteiger partial charge is 0.497 e. The monoisotopic (exact) mass is 486 g/mol. The highest BCUT2D eigenvalue weighted by atomic mass is 16.5. The lowest BCUT2D eigenvalue weighted by Crippen LogP contribution is -2.47. The van der Waals surface area contributed by atoms with E-state index in [1.165, 1.54) is 4.90 Å². The number of ether oxygens (including phenoxy) is 1. The molecule has 0 radical (unpaired) electrons. The summed E-state index contributed by atoms with van der Waals surface area (Å²) in [6.45, 7) is 2.95. The van der Waals surface area contributed by atoms with Gasteiger partial charge in [-0.05, 0) is 60.5 Å². The van der Waals surface area contributed by atoms with Crippen molar-refractivity contribution < 1.29 is 23.9 Å². The van der Waals surface area contributed by atoms with Crippen molar-refractivity contribution in [2.24, 2.45) is 0 Å². The molecule has 0 spiro atoms. The molecule has 1 fully saturated rings. The Balaban J connectivity index is 1.42. The van der Waals surface area contributed by atoms with E-state index in [9.17, 15) is 19.2 Å². The van der Waals surface area contributed by atoms with Crippen molar-refractivity contribution in [3.63, 3.8) is 0 Å². The lowest BCUT2D eigenvalue weighted by atomic mass is 9.90. The number of para-hydroxylation sites is 2. The summed E-state index contributed by atoms with van der Waals surface area (Å²) in [5.74, 6) is -0.456. The Morgan fingerprint density at radius 3 is 2.56 bits per heavy atom. The van der Waals surface area contributed by atoms with Crippen molar-refractivity contribution in [2.75, 3.05) is 23.9 Å². The van der Waals surface area contributed by atoms with Gasteiger partial charge < -0.3 is 20.3 Å². The first-order valence-corrected chi connectivity index (χ1v) is 11.6. The van der Waals surface area contributed by atoms with Gasteiger partial charge in [0.1, 0.15) is 17.8 Å². The van der Waals surface area contributed by atoms with Crippen LogP contribution >= 0.6 is 0 Å². The van der Waals surface area contributed by atoms with Crippen LogP contribution in [0.3, 0.4) is 0 Å². The lowest BCUT2D eigenvalue weighted by Gasteiger charge is -2.29. The van der Waals surface area contributed by atoms with Gasteiger partial charge in [-0.15, -0.1) is 0 Å². The number of amides is 5. The van der Waals surface area contributed by atoms with Crippen LogP contribution in [0, 0.1) is 0 Å². The second-order valence-corrected chi connectivity index (χ2v) is 9.26. The number of hydrogen-bond donors (Lipinski definition) is 2. The van der Waals surface area contributed by atoms with E-state index in [1.807, 2.05) is 30.3 Å². The Morgan fingerprint density at radius 2 is 1.78 bits per heavy atom. The van der Waals surface area contributed by atoms with Gasteiger partial charge in [-0.2, -0.15) is 0 Å². The first kappa shape index (κ1) is 23.3. The molecule has 0 aliphatic carbocycles. The fraction of sp³-hybridized carbons (Fsp3) is 0.259. The van der Waals surface area contributed by atoms with E-state index >= 15 is 0 Å². The Kier molecular flexibility index (Phi) is 5.62. The SMILES string of the molecule is COc1ccc2cc([C@]3(C)NC(=O)N(CC(=O)N4c5ccccc5NC(=O)C[C@H]4C)C3=O)ccc2c1. The first-order chi connectivity index (χ1) is 17.2. The number of nitrogens with one attached hydrogen (secondary N) is 2. The molecule has 2 N–H and O–H groups in total. The number of hydrogen-bond acceptors (Lipinski definition) is 5. The number of carbonyl (C=O) groups is 4. The molecule has 3 aromatic rings. The molecule has 9 heteroatoms. The van der Waals surface area contributed by atoms with E-state index in [0.29, 0.717) is 16.9 Å². The Bertz CT molecular complexity index is 1420. The molecule has 2 heterocycles. The highest BCUT2D eigenvalue weighted by molar-refractivity contribution is 6.12. The summed E-state index contributed by atoms with van der Waals surface area (Å²) in [6, 6.07) is 17.0. The Hall–Kier alpha value is -4.40.